The fourth-order valence-electron chi connectivity index (χ4n) is 2.75. The lowest BCUT2D eigenvalue weighted by atomic mass is 10.0. The number of aromatic amines is 1. The zero-order valence-corrected chi connectivity index (χ0v) is 13.5. The van der Waals surface area contributed by atoms with Crippen molar-refractivity contribution in [2.24, 2.45) is 0 Å². The highest BCUT2D eigenvalue weighted by Gasteiger charge is 2.18. The van der Waals surface area contributed by atoms with E-state index in [2.05, 4.69) is 65.1 Å². The number of aromatic nitrogens is 3. The largest absolute Gasteiger partial charge is 0.379 e. The summed E-state index contributed by atoms with van der Waals surface area (Å²) >= 11 is 0. The standard InChI is InChI=1S/C17H24N4O/c1-12(2)16-18-17(20-19-16)15-6-4-14(5-7-15)13(3)21-8-10-22-11-9-21/h4-7,12-13H,8-11H2,1-3H3,(H,18,19,20)/t13-/m0/s1. The van der Waals surface area contributed by atoms with Gasteiger partial charge in [0.05, 0.1) is 13.2 Å². The average Bonchev–Trinajstić information content (AvgIpc) is 3.05. The number of ether oxygens (including phenoxy) is 1. The minimum Gasteiger partial charge on any atom is -0.379 e. The van der Waals surface area contributed by atoms with Gasteiger partial charge in [-0.15, -0.1) is 0 Å². The zero-order chi connectivity index (χ0) is 15.5. The number of nitrogens with one attached hydrogen (secondary N) is 1. The topological polar surface area (TPSA) is 54.0 Å². The summed E-state index contributed by atoms with van der Waals surface area (Å²) in [5, 5.41) is 7.32. The number of morpholine rings is 1. The molecule has 1 aliphatic heterocycles. The molecule has 1 aromatic heterocycles. The summed E-state index contributed by atoms with van der Waals surface area (Å²) in [6, 6.07) is 9.00. The quantitative estimate of drug-likeness (QED) is 0.943. The van der Waals surface area contributed by atoms with Crippen LogP contribution in [0.5, 0.6) is 0 Å². The van der Waals surface area contributed by atoms with Crippen molar-refractivity contribution in [3.05, 3.63) is 35.7 Å². The maximum Gasteiger partial charge on any atom is 0.181 e. The molecule has 2 aromatic rings. The molecule has 1 atom stereocenters. The van der Waals surface area contributed by atoms with E-state index in [1.807, 2.05) is 0 Å². The van der Waals surface area contributed by atoms with Gasteiger partial charge in [-0.1, -0.05) is 38.1 Å². The Morgan fingerprint density at radius 1 is 1.09 bits per heavy atom. The third-order valence-corrected chi connectivity index (χ3v) is 4.29. The Bertz CT molecular complexity index is 599. The van der Waals surface area contributed by atoms with Crippen molar-refractivity contribution in [3.8, 4) is 11.4 Å². The van der Waals surface area contributed by atoms with Crippen LogP contribution in [0.25, 0.3) is 11.4 Å². The van der Waals surface area contributed by atoms with Crippen LogP contribution in [0.3, 0.4) is 0 Å². The molecule has 0 saturated carbocycles. The summed E-state index contributed by atoms with van der Waals surface area (Å²) in [4.78, 5) is 7.01. The summed E-state index contributed by atoms with van der Waals surface area (Å²) in [7, 11) is 0. The van der Waals surface area contributed by atoms with E-state index in [4.69, 9.17) is 4.74 Å². The van der Waals surface area contributed by atoms with Crippen LogP contribution in [0.1, 0.15) is 44.1 Å². The molecule has 1 N–H and O–H groups in total. The van der Waals surface area contributed by atoms with Crippen molar-refractivity contribution >= 4 is 0 Å². The van der Waals surface area contributed by atoms with Gasteiger partial charge in [0.25, 0.3) is 0 Å². The number of rotatable bonds is 4. The predicted molar refractivity (Wildman–Crippen MR) is 86.7 cm³/mol. The van der Waals surface area contributed by atoms with Crippen molar-refractivity contribution in [2.45, 2.75) is 32.7 Å². The van der Waals surface area contributed by atoms with E-state index in [1.54, 1.807) is 0 Å². The summed E-state index contributed by atoms with van der Waals surface area (Å²) in [6.45, 7) is 10.1. The number of hydrogen-bond donors (Lipinski definition) is 1. The lowest BCUT2D eigenvalue weighted by molar-refractivity contribution is 0.0198. The molecule has 22 heavy (non-hydrogen) atoms. The average molecular weight is 300 g/mol. The maximum absolute atomic E-state index is 5.42. The first-order chi connectivity index (χ1) is 10.6. The van der Waals surface area contributed by atoms with Crippen molar-refractivity contribution in [1.82, 2.24) is 20.1 Å². The van der Waals surface area contributed by atoms with Crippen molar-refractivity contribution in [2.75, 3.05) is 26.3 Å². The zero-order valence-electron chi connectivity index (χ0n) is 13.5. The Labute approximate surface area is 131 Å². The first-order valence-corrected chi connectivity index (χ1v) is 7.99. The second kappa shape index (κ2) is 6.58. The second-order valence-electron chi connectivity index (χ2n) is 6.15. The monoisotopic (exact) mass is 300 g/mol. The molecule has 2 heterocycles. The first kappa shape index (κ1) is 15.2. The van der Waals surface area contributed by atoms with E-state index in [1.165, 1.54) is 5.56 Å². The van der Waals surface area contributed by atoms with Gasteiger partial charge >= 0.3 is 0 Å². The number of nitrogens with zero attached hydrogens (tertiary/aromatic N) is 3. The first-order valence-electron chi connectivity index (χ1n) is 7.99. The van der Waals surface area contributed by atoms with Gasteiger partial charge in [-0.25, -0.2) is 4.98 Å². The number of benzene rings is 1. The van der Waals surface area contributed by atoms with Crippen LogP contribution in [0.2, 0.25) is 0 Å². The Kier molecular flexibility index (Phi) is 4.55. The molecular formula is C17H24N4O. The fourth-order valence-corrected chi connectivity index (χ4v) is 2.75. The molecule has 0 amide bonds. The van der Waals surface area contributed by atoms with Gasteiger partial charge in [0.15, 0.2) is 5.82 Å². The molecular weight excluding hydrogens is 276 g/mol. The smallest absolute Gasteiger partial charge is 0.181 e. The van der Waals surface area contributed by atoms with E-state index in [0.717, 1.165) is 43.5 Å². The highest BCUT2D eigenvalue weighted by molar-refractivity contribution is 5.55. The molecule has 0 aliphatic carbocycles. The summed E-state index contributed by atoms with van der Waals surface area (Å²) in [5.41, 5.74) is 2.38. The van der Waals surface area contributed by atoms with Crippen molar-refractivity contribution in [3.63, 3.8) is 0 Å². The molecule has 1 fully saturated rings. The van der Waals surface area contributed by atoms with E-state index >= 15 is 0 Å². The molecule has 118 valence electrons. The molecule has 5 heteroatoms. The van der Waals surface area contributed by atoms with E-state index in [0.29, 0.717) is 12.0 Å². The van der Waals surface area contributed by atoms with Crippen molar-refractivity contribution in [1.29, 1.82) is 0 Å². The van der Waals surface area contributed by atoms with Gasteiger partial charge < -0.3 is 4.74 Å². The molecule has 5 nitrogen and oxygen atoms in total. The van der Waals surface area contributed by atoms with E-state index in [9.17, 15) is 0 Å². The molecule has 1 saturated heterocycles. The highest BCUT2D eigenvalue weighted by Crippen LogP contribution is 2.24. The van der Waals surface area contributed by atoms with Crippen LogP contribution < -0.4 is 0 Å². The molecule has 0 bridgehead atoms. The lowest BCUT2D eigenvalue weighted by Gasteiger charge is -2.32. The Balaban J connectivity index is 1.74. The third-order valence-electron chi connectivity index (χ3n) is 4.29. The normalized spacial score (nSPS) is 17.8. The maximum atomic E-state index is 5.42. The van der Waals surface area contributed by atoms with E-state index in [-0.39, 0.29) is 0 Å². The Morgan fingerprint density at radius 2 is 1.77 bits per heavy atom. The minimum atomic E-state index is 0.363. The molecule has 0 spiro atoms. The molecule has 0 unspecified atom stereocenters. The summed E-state index contributed by atoms with van der Waals surface area (Å²) in [6.07, 6.45) is 0. The Hall–Kier alpha value is -1.72. The number of hydrogen-bond acceptors (Lipinski definition) is 4. The fraction of sp³-hybridized carbons (Fsp3) is 0.529. The second-order valence-corrected chi connectivity index (χ2v) is 6.15. The van der Waals surface area contributed by atoms with Crippen LogP contribution in [-0.4, -0.2) is 46.4 Å². The van der Waals surface area contributed by atoms with E-state index < -0.39 is 0 Å². The van der Waals surface area contributed by atoms with Gasteiger partial charge in [0, 0.05) is 30.6 Å². The SMILES string of the molecule is CC(C)c1nc(-c2ccc([C@H](C)N3CCOCC3)cc2)n[nH]1. The molecule has 3 rings (SSSR count). The van der Waals surface area contributed by atoms with Gasteiger partial charge in [0.2, 0.25) is 0 Å². The summed E-state index contributed by atoms with van der Waals surface area (Å²) in [5.74, 6) is 2.07. The minimum absolute atomic E-state index is 0.363. The van der Waals surface area contributed by atoms with Gasteiger partial charge in [0.1, 0.15) is 5.82 Å². The van der Waals surface area contributed by atoms with Crippen LogP contribution in [0.4, 0.5) is 0 Å². The third kappa shape index (κ3) is 3.20. The van der Waals surface area contributed by atoms with Gasteiger partial charge in [-0.2, -0.15) is 5.10 Å². The molecule has 1 aliphatic rings. The van der Waals surface area contributed by atoms with Gasteiger partial charge in [-0.05, 0) is 12.5 Å². The molecule has 0 radical (unpaired) electrons. The lowest BCUT2D eigenvalue weighted by Crippen LogP contribution is -2.37. The van der Waals surface area contributed by atoms with Crippen molar-refractivity contribution < 1.29 is 4.74 Å². The molecule has 1 aromatic carbocycles. The predicted octanol–water partition coefficient (Wildman–Crippen LogP) is 2.99. The number of H-pyrrole nitrogens is 1. The Morgan fingerprint density at radius 3 is 2.36 bits per heavy atom. The summed E-state index contributed by atoms with van der Waals surface area (Å²) < 4.78 is 5.42. The van der Waals surface area contributed by atoms with Crippen LogP contribution >= 0.6 is 0 Å². The van der Waals surface area contributed by atoms with Crippen LogP contribution in [-0.2, 0) is 4.74 Å². The van der Waals surface area contributed by atoms with Crippen LogP contribution in [0.15, 0.2) is 24.3 Å². The van der Waals surface area contributed by atoms with Gasteiger partial charge in [-0.3, -0.25) is 10.00 Å². The van der Waals surface area contributed by atoms with Crippen LogP contribution in [0, 0.1) is 0 Å². The highest BCUT2D eigenvalue weighted by atomic mass is 16.5.